The van der Waals surface area contributed by atoms with Gasteiger partial charge in [-0.05, 0) is 59.5 Å². The first-order chi connectivity index (χ1) is 9.85. The molecule has 0 bridgehead atoms. The fraction of sp³-hybridized carbons (Fsp3) is 0.938. The van der Waals surface area contributed by atoms with Crippen LogP contribution in [0.1, 0.15) is 46.5 Å². The van der Waals surface area contributed by atoms with Gasteiger partial charge in [0.2, 0.25) is 0 Å². The van der Waals surface area contributed by atoms with Gasteiger partial charge in [-0.2, -0.15) is 0 Å². The summed E-state index contributed by atoms with van der Waals surface area (Å²) in [7, 11) is 1.80. The van der Waals surface area contributed by atoms with E-state index in [-0.39, 0.29) is 6.09 Å². The van der Waals surface area contributed by atoms with E-state index < -0.39 is 5.60 Å². The Balaban J connectivity index is 1.64. The largest absolute Gasteiger partial charge is 0.444 e. The molecule has 122 valence electrons. The lowest BCUT2D eigenvalue weighted by Crippen LogP contribution is -2.47. The third kappa shape index (κ3) is 5.15. The van der Waals surface area contributed by atoms with Gasteiger partial charge in [0.25, 0.3) is 0 Å². The van der Waals surface area contributed by atoms with Gasteiger partial charge in [0.1, 0.15) is 5.60 Å². The molecule has 2 fully saturated rings. The topological polar surface area (TPSA) is 44.8 Å². The molecule has 0 aliphatic carbocycles. The summed E-state index contributed by atoms with van der Waals surface area (Å²) in [6.45, 7) is 9.74. The van der Waals surface area contributed by atoms with E-state index in [2.05, 4.69) is 10.2 Å². The fourth-order valence-electron chi connectivity index (χ4n) is 3.28. The predicted octanol–water partition coefficient (Wildman–Crippen LogP) is 2.07. The van der Waals surface area contributed by atoms with Gasteiger partial charge in [-0.15, -0.1) is 0 Å². The summed E-state index contributed by atoms with van der Waals surface area (Å²) >= 11 is 0. The first-order valence-corrected chi connectivity index (χ1v) is 8.27. The summed E-state index contributed by atoms with van der Waals surface area (Å²) < 4.78 is 5.35. The molecule has 0 radical (unpaired) electrons. The second kappa shape index (κ2) is 6.97. The number of carbonyl (C=O) groups excluding carboxylic acids is 1. The molecule has 1 N–H and O–H groups in total. The van der Waals surface area contributed by atoms with Crippen molar-refractivity contribution in [1.82, 2.24) is 15.1 Å². The number of hydrogen-bond acceptors (Lipinski definition) is 4. The summed E-state index contributed by atoms with van der Waals surface area (Å²) in [4.78, 5) is 16.1. The van der Waals surface area contributed by atoms with Crippen molar-refractivity contribution in [3.05, 3.63) is 0 Å². The minimum Gasteiger partial charge on any atom is -0.444 e. The molecule has 0 spiro atoms. The van der Waals surface area contributed by atoms with Gasteiger partial charge >= 0.3 is 6.09 Å². The Hall–Kier alpha value is -0.810. The van der Waals surface area contributed by atoms with Gasteiger partial charge < -0.3 is 19.9 Å². The number of piperidine rings is 1. The molecule has 2 aliphatic heterocycles. The standard InChI is InChI=1S/C16H31N3O2/c1-16(2,3)21-15(20)18(4)11-8-17-13-7-10-19-9-5-6-14(19)12-13/h13-14,17H,5-12H2,1-4H3/t13-,14-/m1/s1. The van der Waals surface area contributed by atoms with Gasteiger partial charge in [-0.3, -0.25) is 0 Å². The zero-order valence-electron chi connectivity index (χ0n) is 14.0. The van der Waals surface area contributed by atoms with Crippen molar-refractivity contribution in [2.24, 2.45) is 0 Å². The number of rotatable bonds is 4. The number of amides is 1. The van der Waals surface area contributed by atoms with Crippen molar-refractivity contribution in [3.63, 3.8) is 0 Å². The van der Waals surface area contributed by atoms with E-state index in [4.69, 9.17) is 4.74 Å². The number of carbonyl (C=O) groups is 1. The van der Waals surface area contributed by atoms with E-state index >= 15 is 0 Å². The molecule has 2 atom stereocenters. The molecule has 0 aromatic rings. The van der Waals surface area contributed by atoms with E-state index in [9.17, 15) is 4.79 Å². The Morgan fingerprint density at radius 1 is 1.33 bits per heavy atom. The van der Waals surface area contributed by atoms with Crippen LogP contribution in [0.4, 0.5) is 4.79 Å². The number of hydrogen-bond donors (Lipinski definition) is 1. The molecule has 0 saturated carbocycles. The van der Waals surface area contributed by atoms with Crippen LogP contribution in [-0.2, 0) is 4.74 Å². The Morgan fingerprint density at radius 3 is 2.81 bits per heavy atom. The number of fused-ring (bicyclic) bond motifs is 1. The van der Waals surface area contributed by atoms with Gasteiger partial charge in [-0.1, -0.05) is 0 Å². The molecule has 2 saturated heterocycles. The molecule has 2 rings (SSSR count). The molecule has 2 aliphatic rings. The highest BCUT2D eigenvalue weighted by Gasteiger charge is 2.31. The molecule has 5 heteroatoms. The maximum atomic E-state index is 11.9. The van der Waals surface area contributed by atoms with Crippen LogP contribution in [0.2, 0.25) is 0 Å². The summed E-state index contributed by atoms with van der Waals surface area (Å²) in [5.41, 5.74) is -0.423. The van der Waals surface area contributed by atoms with Crippen molar-refractivity contribution in [2.75, 3.05) is 33.2 Å². The highest BCUT2D eigenvalue weighted by molar-refractivity contribution is 5.67. The molecule has 0 aromatic heterocycles. The maximum Gasteiger partial charge on any atom is 0.410 e. The van der Waals surface area contributed by atoms with Crippen LogP contribution < -0.4 is 5.32 Å². The number of ether oxygens (including phenoxy) is 1. The van der Waals surface area contributed by atoms with Gasteiger partial charge in [-0.25, -0.2) is 4.79 Å². The average molecular weight is 297 g/mol. The lowest BCUT2D eigenvalue weighted by molar-refractivity contribution is 0.0297. The molecule has 5 nitrogen and oxygen atoms in total. The summed E-state index contributed by atoms with van der Waals surface area (Å²) in [6.07, 6.45) is 4.97. The lowest BCUT2D eigenvalue weighted by atomic mass is 9.98. The predicted molar refractivity (Wildman–Crippen MR) is 84.5 cm³/mol. The SMILES string of the molecule is CN(CCN[C@@H]1CCN2CCC[C@@H]2C1)C(=O)OC(C)(C)C. The number of nitrogens with zero attached hydrogens (tertiary/aromatic N) is 2. The van der Waals surface area contributed by atoms with Crippen LogP contribution in [0.15, 0.2) is 0 Å². The highest BCUT2D eigenvalue weighted by atomic mass is 16.6. The van der Waals surface area contributed by atoms with E-state index in [1.54, 1.807) is 11.9 Å². The zero-order valence-corrected chi connectivity index (χ0v) is 14.0. The third-order valence-electron chi connectivity index (χ3n) is 4.41. The fourth-order valence-corrected chi connectivity index (χ4v) is 3.28. The van der Waals surface area contributed by atoms with E-state index in [1.165, 1.54) is 38.8 Å². The van der Waals surface area contributed by atoms with E-state index in [1.807, 2.05) is 20.8 Å². The summed E-state index contributed by atoms with van der Waals surface area (Å²) in [5.74, 6) is 0. The lowest BCUT2D eigenvalue weighted by Gasteiger charge is -2.35. The zero-order chi connectivity index (χ0) is 15.5. The Labute approximate surface area is 129 Å². The second-order valence-electron chi connectivity index (χ2n) is 7.41. The normalized spacial score (nSPS) is 26.5. The van der Waals surface area contributed by atoms with Crippen LogP contribution in [0, 0.1) is 0 Å². The average Bonchev–Trinajstić information content (AvgIpc) is 2.84. The Bertz CT molecular complexity index is 354. The highest BCUT2D eigenvalue weighted by Crippen LogP contribution is 2.26. The van der Waals surface area contributed by atoms with E-state index in [0.717, 1.165) is 12.6 Å². The van der Waals surface area contributed by atoms with Crippen molar-refractivity contribution >= 4 is 6.09 Å². The first kappa shape index (κ1) is 16.6. The quantitative estimate of drug-likeness (QED) is 0.863. The summed E-state index contributed by atoms with van der Waals surface area (Å²) in [5, 5.41) is 3.61. The number of nitrogens with one attached hydrogen (secondary N) is 1. The molecule has 2 heterocycles. The van der Waals surface area contributed by atoms with Crippen molar-refractivity contribution in [3.8, 4) is 0 Å². The first-order valence-electron chi connectivity index (χ1n) is 8.27. The van der Waals surface area contributed by atoms with Crippen LogP contribution in [-0.4, -0.2) is 66.8 Å². The molecular weight excluding hydrogens is 266 g/mol. The summed E-state index contributed by atoms with van der Waals surface area (Å²) in [6, 6.07) is 1.40. The monoisotopic (exact) mass is 297 g/mol. The smallest absolute Gasteiger partial charge is 0.410 e. The van der Waals surface area contributed by atoms with E-state index in [0.29, 0.717) is 12.6 Å². The minimum absolute atomic E-state index is 0.241. The maximum absolute atomic E-state index is 11.9. The van der Waals surface area contributed by atoms with Crippen LogP contribution in [0.5, 0.6) is 0 Å². The minimum atomic E-state index is -0.423. The van der Waals surface area contributed by atoms with Crippen molar-refractivity contribution in [1.29, 1.82) is 0 Å². The van der Waals surface area contributed by atoms with Crippen molar-refractivity contribution < 1.29 is 9.53 Å². The van der Waals surface area contributed by atoms with Gasteiger partial charge in [0.15, 0.2) is 0 Å². The molecule has 1 amide bonds. The van der Waals surface area contributed by atoms with Crippen LogP contribution in [0.25, 0.3) is 0 Å². The molecule has 21 heavy (non-hydrogen) atoms. The van der Waals surface area contributed by atoms with Gasteiger partial charge in [0, 0.05) is 32.2 Å². The Morgan fingerprint density at radius 2 is 2.10 bits per heavy atom. The molecular formula is C16H31N3O2. The Kier molecular flexibility index (Phi) is 5.49. The van der Waals surface area contributed by atoms with Crippen molar-refractivity contribution in [2.45, 2.75) is 64.1 Å². The number of likely N-dealkylation sites (N-methyl/N-ethyl adjacent to an activating group) is 1. The third-order valence-corrected chi connectivity index (χ3v) is 4.41. The molecule has 0 aromatic carbocycles. The van der Waals surface area contributed by atoms with Gasteiger partial charge in [0.05, 0.1) is 0 Å². The second-order valence-corrected chi connectivity index (χ2v) is 7.41. The van der Waals surface area contributed by atoms with Crippen LogP contribution in [0.3, 0.4) is 0 Å². The van der Waals surface area contributed by atoms with Crippen LogP contribution >= 0.6 is 0 Å². The molecule has 0 unspecified atom stereocenters.